The Hall–Kier alpha value is -3.85. The Balaban J connectivity index is 1.20. The van der Waals surface area contributed by atoms with Crippen LogP contribution in [0.15, 0.2) is 78.8 Å². The lowest BCUT2D eigenvalue weighted by Gasteiger charge is -2.29. The first-order valence-corrected chi connectivity index (χ1v) is 11.4. The van der Waals surface area contributed by atoms with Crippen molar-refractivity contribution in [3.8, 4) is 5.69 Å². The molecule has 0 bridgehead atoms. The van der Waals surface area contributed by atoms with Crippen molar-refractivity contribution >= 4 is 11.3 Å². The third kappa shape index (κ3) is 5.04. The van der Waals surface area contributed by atoms with E-state index >= 15 is 0 Å². The molecule has 34 heavy (non-hydrogen) atoms. The molecule has 0 aromatic carbocycles. The van der Waals surface area contributed by atoms with Crippen molar-refractivity contribution in [3.05, 3.63) is 90.5 Å². The van der Waals surface area contributed by atoms with Gasteiger partial charge in [-0.1, -0.05) is 6.07 Å². The summed E-state index contributed by atoms with van der Waals surface area (Å²) >= 11 is 0. The highest BCUT2D eigenvalue weighted by atomic mass is 19.1. The number of nitrogens with one attached hydrogen (secondary N) is 3. The number of nitrogens with zero attached hydrogens (tertiary/aromatic N) is 5. The number of aromatic nitrogens is 4. The van der Waals surface area contributed by atoms with Crippen LogP contribution in [0.4, 0.5) is 4.39 Å². The summed E-state index contributed by atoms with van der Waals surface area (Å²) in [4.78, 5) is 8.94. The van der Waals surface area contributed by atoms with Gasteiger partial charge in [-0.15, -0.1) is 0 Å². The molecule has 0 radical (unpaired) electrons. The number of hydrogen-bond acceptors (Lipinski definition) is 6. The van der Waals surface area contributed by atoms with Gasteiger partial charge in [0.2, 0.25) is 0 Å². The van der Waals surface area contributed by atoms with Gasteiger partial charge in [-0.25, -0.2) is 14.9 Å². The fourth-order valence-electron chi connectivity index (χ4n) is 4.17. The summed E-state index contributed by atoms with van der Waals surface area (Å²) in [5.41, 5.74) is 12.6. The smallest absolute Gasteiger partial charge is 0.137 e. The predicted molar refractivity (Wildman–Crippen MR) is 128 cm³/mol. The molecule has 0 saturated heterocycles. The Labute approximate surface area is 197 Å². The molecule has 0 atom stereocenters. The van der Waals surface area contributed by atoms with Crippen molar-refractivity contribution in [3.63, 3.8) is 0 Å². The molecule has 9 heteroatoms. The van der Waals surface area contributed by atoms with Crippen LogP contribution in [0, 0.1) is 11.4 Å². The lowest BCUT2D eigenvalue weighted by molar-refractivity contribution is 0.129. The summed E-state index contributed by atoms with van der Waals surface area (Å²) in [5, 5.41) is 10.3. The summed E-state index contributed by atoms with van der Waals surface area (Å²) < 4.78 is 16.9. The third-order valence-electron chi connectivity index (χ3n) is 6.07. The molecule has 5 rings (SSSR count). The standard InChI is InChI=1S/C25H27FN8/c26-21-7-19(8-21)11-28-10-18-3-4-25-31-22(17-34(25)16-18)13-30-15-24(32-27)20-9-23(14-29-12-20)33-5-1-2-6-33/h1-6,9,12,14-17,19,21,27-28,30H,7-8,10-11,13H2/b24-15-,32-27?. The van der Waals surface area contributed by atoms with Crippen LogP contribution < -0.4 is 10.6 Å². The Kier molecular flexibility index (Phi) is 6.44. The van der Waals surface area contributed by atoms with Crippen molar-refractivity contribution in [2.75, 3.05) is 6.54 Å². The number of alkyl halides is 1. The first-order valence-electron chi connectivity index (χ1n) is 11.4. The van der Waals surface area contributed by atoms with Crippen LogP contribution in [0.2, 0.25) is 0 Å². The number of halogens is 1. The minimum Gasteiger partial charge on any atom is -0.383 e. The Morgan fingerprint density at radius 1 is 1.18 bits per heavy atom. The SMILES string of the molecule is N=N/C(=C\NCc1cn2cc(CNCC3CC(F)C3)ccc2n1)c1cncc(-n2cccc2)c1. The Morgan fingerprint density at radius 2 is 2.03 bits per heavy atom. The van der Waals surface area contributed by atoms with Gasteiger partial charge >= 0.3 is 0 Å². The molecule has 4 heterocycles. The van der Waals surface area contributed by atoms with E-state index in [4.69, 9.17) is 5.53 Å². The van der Waals surface area contributed by atoms with Crippen LogP contribution in [0.1, 0.15) is 29.7 Å². The number of hydrogen-bond donors (Lipinski definition) is 3. The highest BCUT2D eigenvalue weighted by molar-refractivity contribution is 5.64. The fourth-order valence-corrected chi connectivity index (χ4v) is 4.17. The van der Waals surface area contributed by atoms with Crippen LogP contribution in [0.3, 0.4) is 0 Å². The molecule has 174 valence electrons. The van der Waals surface area contributed by atoms with E-state index in [1.165, 1.54) is 0 Å². The largest absolute Gasteiger partial charge is 0.383 e. The highest BCUT2D eigenvalue weighted by Crippen LogP contribution is 2.29. The maximum absolute atomic E-state index is 12.9. The molecule has 0 amide bonds. The second-order valence-electron chi connectivity index (χ2n) is 8.65. The minimum absolute atomic E-state index is 0.463. The van der Waals surface area contributed by atoms with Crippen LogP contribution in [-0.2, 0) is 13.1 Å². The summed E-state index contributed by atoms with van der Waals surface area (Å²) in [5.74, 6) is 0.463. The Bertz CT molecular complexity index is 1290. The number of fused-ring (bicyclic) bond motifs is 1. The van der Waals surface area contributed by atoms with E-state index in [0.29, 0.717) is 31.0 Å². The highest BCUT2D eigenvalue weighted by Gasteiger charge is 2.28. The second-order valence-corrected chi connectivity index (χ2v) is 8.65. The van der Waals surface area contributed by atoms with Crippen molar-refractivity contribution in [1.29, 1.82) is 5.53 Å². The summed E-state index contributed by atoms with van der Waals surface area (Å²) in [6, 6.07) is 9.91. The monoisotopic (exact) mass is 458 g/mol. The van der Waals surface area contributed by atoms with E-state index in [2.05, 4.69) is 38.0 Å². The third-order valence-corrected chi connectivity index (χ3v) is 6.07. The van der Waals surface area contributed by atoms with Crippen molar-refractivity contribution in [2.45, 2.75) is 32.1 Å². The van der Waals surface area contributed by atoms with Gasteiger partial charge in [-0.3, -0.25) is 4.98 Å². The summed E-state index contributed by atoms with van der Waals surface area (Å²) in [6.07, 6.45) is 13.9. The van der Waals surface area contributed by atoms with Crippen LogP contribution >= 0.6 is 0 Å². The maximum Gasteiger partial charge on any atom is 0.137 e. The molecular formula is C25H27FN8. The van der Waals surface area contributed by atoms with Crippen molar-refractivity contribution in [2.24, 2.45) is 11.0 Å². The van der Waals surface area contributed by atoms with Crippen molar-refractivity contribution in [1.82, 2.24) is 29.6 Å². The molecule has 1 saturated carbocycles. The molecule has 4 aromatic rings. The van der Waals surface area contributed by atoms with E-state index in [1.807, 2.05) is 51.8 Å². The predicted octanol–water partition coefficient (Wildman–Crippen LogP) is 4.48. The van der Waals surface area contributed by atoms with Crippen molar-refractivity contribution < 1.29 is 4.39 Å². The lowest BCUT2D eigenvalue weighted by Crippen LogP contribution is -2.33. The molecule has 3 N–H and O–H groups in total. The number of pyridine rings is 2. The van der Waals surface area contributed by atoms with E-state index < -0.39 is 6.17 Å². The van der Waals surface area contributed by atoms with Gasteiger partial charge in [-0.05, 0) is 55.1 Å². The molecule has 1 fully saturated rings. The van der Waals surface area contributed by atoms with Gasteiger partial charge in [-0.2, -0.15) is 5.11 Å². The van der Waals surface area contributed by atoms with Gasteiger partial charge in [0, 0.05) is 49.3 Å². The Morgan fingerprint density at radius 3 is 2.82 bits per heavy atom. The van der Waals surface area contributed by atoms with E-state index in [-0.39, 0.29) is 0 Å². The zero-order chi connectivity index (χ0) is 23.3. The first kappa shape index (κ1) is 22.0. The number of imidazole rings is 1. The molecule has 0 unspecified atom stereocenters. The normalized spacial score (nSPS) is 18.1. The summed E-state index contributed by atoms with van der Waals surface area (Å²) in [6.45, 7) is 2.12. The molecule has 1 aliphatic rings. The van der Waals surface area contributed by atoms with E-state index in [0.717, 1.165) is 41.2 Å². The van der Waals surface area contributed by atoms with Gasteiger partial charge < -0.3 is 19.6 Å². The fraction of sp³-hybridized carbons (Fsp3) is 0.280. The zero-order valence-electron chi connectivity index (χ0n) is 18.7. The number of rotatable bonds is 10. The topological polar surface area (TPSA) is 95.4 Å². The molecule has 4 aromatic heterocycles. The minimum atomic E-state index is -0.603. The van der Waals surface area contributed by atoms with Gasteiger partial charge in [0.25, 0.3) is 0 Å². The van der Waals surface area contributed by atoms with E-state index in [1.54, 1.807) is 18.6 Å². The quantitative estimate of drug-likeness (QED) is 0.306. The first-order chi connectivity index (χ1) is 16.7. The molecular weight excluding hydrogens is 431 g/mol. The van der Waals surface area contributed by atoms with Gasteiger partial charge in [0.1, 0.15) is 17.5 Å². The lowest BCUT2D eigenvalue weighted by atomic mass is 9.83. The second kappa shape index (κ2) is 9.96. The van der Waals surface area contributed by atoms with Crippen LogP contribution in [0.25, 0.3) is 17.0 Å². The van der Waals surface area contributed by atoms with Crippen LogP contribution in [0.5, 0.6) is 0 Å². The molecule has 0 aliphatic heterocycles. The molecule has 1 aliphatic carbocycles. The van der Waals surface area contributed by atoms with E-state index in [9.17, 15) is 4.39 Å². The van der Waals surface area contributed by atoms with Crippen LogP contribution in [-0.4, -0.2) is 31.7 Å². The van der Waals surface area contributed by atoms with Gasteiger partial charge in [0.15, 0.2) is 0 Å². The zero-order valence-corrected chi connectivity index (χ0v) is 18.7. The average Bonchev–Trinajstić information content (AvgIpc) is 3.50. The van der Waals surface area contributed by atoms with Gasteiger partial charge in [0.05, 0.1) is 24.1 Å². The summed E-state index contributed by atoms with van der Waals surface area (Å²) in [7, 11) is 0. The molecule has 8 nitrogen and oxygen atoms in total. The average molecular weight is 459 g/mol. The maximum atomic E-state index is 12.9. The molecule has 0 spiro atoms.